The number of hydrogen-bond acceptors (Lipinski definition) is 8. The SMILES string of the molecule is COc1ccc(SC[C@H]2O[C@@H](n3c(=O)nc(N=CN(C)C)c4ccccc43)[C@@H]3OC(C)(C)O[C@@H]32)cc1. The van der Waals surface area contributed by atoms with Gasteiger partial charge in [0.2, 0.25) is 0 Å². The quantitative estimate of drug-likeness (QED) is 0.269. The van der Waals surface area contributed by atoms with Crippen molar-refractivity contribution < 1.29 is 18.9 Å². The Morgan fingerprint density at radius 2 is 1.86 bits per heavy atom. The van der Waals surface area contributed by atoms with Gasteiger partial charge in [-0.2, -0.15) is 4.98 Å². The standard InChI is InChI=1S/C26H30N4O5S/c1-26(2)34-21-20(14-36-17-12-10-16(32-5)11-13-17)33-24(22(21)35-26)30-19-9-7-6-8-18(19)23(28-25(30)31)27-15-29(3)4/h6-13,15,20-22,24H,14H2,1-5H3/t20-,21-,22-,24-/m1/s1. The number of hydrogen-bond donors (Lipinski definition) is 0. The summed E-state index contributed by atoms with van der Waals surface area (Å²) in [5, 5.41) is 0.754. The third-order valence-corrected chi connectivity index (χ3v) is 7.18. The van der Waals surface area contributed by atoms with Gasteiger partial charge in [-0.05, 0) is 50.2 Å². The molecule has 2 aliphatic heterocycles. The molecule has 2 aromatic carbocycles. The molecule has 2 saturated heterocycles. The van der Waals surface area contributed by atoms with Gasteiger partial charge in [0.25, 0.3) is 0 Å². The van der Waals surface area contributed by atoms with Gasteiger partial charge in [-0.15, -0.1) is 11.8 Å². The largest absolute Gasteiger partial charge is 0.497 e. The summed E-state index contributed by atoms with van der Waals surface area (Å²) < 4.78 is 25.8. The van der Waals surface area contributed by atoms with Gasteiger partial charge in [0.05, 0.1) is 25.1 Å². The van der Waals surface area contributed by atoms with E-state index in [2.05, 4.69) is 9.98 Å². The maximum absolute atomic E-state index is 13.4. The minimum atomic E-state index is -0.789. The molecule has 0 radical (unpaired) electrons. The van der Waals surface area contributed by atoms with Gasteiger partial charge in [-0.1, -0.05) is 12.1 Å². The molecule has 0 amide bonds. The highest BCUT2D eigenvalue weighted by molar-refractivity contribution is 7.99. The fraction of sp³-hybridized carbons (Fsp3) is 0.423. The van der Waals surface area contributed by atoms with E-state index >= 15 is 0 Å². The van der Waals surface area contributed by atoms with Crippen LogP contribution in [0.2, 0.25) is 0 Å². The molecule has 0 aliphatic carbocycles. The van der Waals surface area contributed by atoms with Crippen LogP contribution in [0.5, 0.6) is 5.75 Å². The number of fused-ring (bicyclic) bond motifs is 2. The van der Waals surface area contributed by atoms with Gasteiger partial charge in [0.15, 0.2) is 17.8 Å². The van der Waals surface area contributed by atoms with E-state index in [1.54, 1.807) is 34.7 Å². The zero-order valence-corrected chi connectivity index (χ0v) is 21.8. The minimum absolute atomic E-state index is 0.286. The number of methoxy groups -OCH3 is 1. The number of thioether (sulfide) groups is 1. The molecule has 3 heterocycles. The zero-order valence-electron chi connectivity index (χ0n) is 21.0. The van der Waals surface area contributed by atoms with E-state index in [0.29, 0.717) is 17.1 Å². The predicted octanol–water partition coefficient (Wildman–Crippen LogP) is 3.84. The van der Waals surface area contributed by atoms with Crippen molar-refractivity contribution in [2.45, 2.75) is 49.1 Å². The highest BCUT2D eigenvalue weighted by atomic mass is 32.2. The van der Waals surface area contributed by atoms with Crippen molar-refractivity contribution in [2.75, 3.05) is 27.0 Å². The molecule has 1 aromatic heterocycles. The number of aromatic nitrogens is 2. The lowest BCUT2D eigenvalue weighted by atomic mass is 10.1. The highest BCUT2D eigenvalue weighted by Gasteiger charge is 2.56. The Morgan fingerprint density at radius 1 is 1.14 bits per heavy atom. The average Bonchev–Trinajstić information content (AvgIpc) is 3.34. The van der Waals surface area contributed by atoms with Gasteiger partial charge in [-0.3, -0.25) is 4.57 Å². The normalized spacial score (nSPS) is 24.9. The second kappa shape index (κ2) is 9.85. The van der Waals surface area contributed by atoms with Gasteiger partial charge in [-0.25, -0.2) is 9.79 Å². The first-order valence-corrected chi connectivity index (χ1v) is 12.7. The van der Waals surface area contributed by atoms with Crippen LogP contribution in [0, 0.1) is 0 Å². The molecule has 0 saturated carbocycles. The Labute approximate surface area is 214 Å². The lowest BCUT2D eigenvalue weighted by Gasteiger charge is -2.25. The molecular formula is C26H30N4O5S. The molecule has 4 atom stereocenters. The van der Waals surface area contributed by atoms with E-state index in [4.69, 9.17) is 18.9 Å². The van der Waals surface area contributed by atoms with Crippen molar-refractivity contribution in [3.05, 3.63) is 59.0 Å². The zero-order chi connectivity index (χ0) is 25.4. The molecule has 9 nitrogen and oxygen atoms in total. The Bertz CT molecular complexity index is 1320. The van der Waals surface area contributed by atoms with Crippen molar-refractivity contribution in [2.24, 2.45) is 4.99 Å². The van der Waals surface area contributed by atoms with Crippen molar-refractivity contribution in [1.82, 2.24) is 14.5 Å². The number of aliphatic imine (C=N–C) groups is 1. The lowest BCUT2D eigenvalue weighted by Crippen LogP contribution is -2.35. The summed E-state index contributed by atoms with van der Waals surface area (Å²) >= 11 is 1.66. The number of ether oxygens (including phenoxy) is 4. The van der Waals surface area contributed by atoms with Crippen LogP contribution in [0.25, 0.3) is 10.9 Å². The first-order chi connectivity index (χ1) is 17.3. The van der Waals surface area contributed by atoms with E-state index in [9.17, 15) is 4.79 Å². The third kappa shape index (κ3) is 4.86. The molecule has 5 rings (SSSR count). The van der Waals surface area contributed by atoms with E-state index < -0.39 is 23.8 Å². The summed E-state index contributed by atoms with van der Waals surface area (Å²) in [6.45, 7) is 3.77. The number of nitrogens with zero attached hydrogens (tertiary/aromatic N) is 4. The topological polar surface area (TPSA) is 87.4 Å². The molecular weight excluding hydrogens is 480 g/mol. The van der Waals surface area contributed by atoms with Gasteiger partial charge in [0, 0.05) is 30.1 Å². The Balaban J connectivity index is 1.48. The maximum atomic E-state index is 13.4. The first-order valence-electron chi connectivity index (χ1n) is 11.8. The highest BCUT2D eigenvalue weighted by Crippen LogP contribution is 2.44. The summed E-state index contributed by atoms with van der Waals surface area (Å²) in [7, 11) is 5.38. The van der Waals surface area contributed by atoms with Crippen LogP contribution in [0.4, 0.5) is 5.82 Å². The smallest absolute Gasteiger partial charge is 0.352 e. The predicted molar refractivity (Wildman–Crippen MR) is 139 cm³/mol. The van der Waals surface area contributed by atoms with Crippen LogP contribution in [-0.4, -0.2) is 71.8 Å². The second-order valence-electron chi connectivity index (χ2n) is 9.43. The fourth-order valence-electron chi connectivity index (χ4n) is 4.55. The Morgan fingerprint density at radius 3 is 2.58 bits per heavy atom. The molecule has 2 aliphatic rings. The van der Waals surface area contributed by atoms with Gasteiger partial charge in [0.1, 0.15) is 18.0 Å². The fourth-order valence-corrected chi connectivity index (χ4v) is 5.50. The van der Waals surface area contributed by atoms with Crippen LogP contribution in [0.3, 0.4) is 0 Å². The summed E-state index contributed by atoms with van der Waals surface area (Å²) in [5.74, 6) is 1.02. The van der Waals surface area contributed by atoms with Crippen molar-refractivity contribution in [1.29, 1.82) is 0 Å². The Kier molecular flexibility index (Phi) is 6.78. The monoisotopic (exact) mass is 510 g/mol. The Hall–Kier alpha value is -2.92. The maximum Gasteiger partial charge on any atom is 0.352 e. The number of benzene rings is 2. The lowest BCUT2D eigenvalue weighted by molar-refractivity contribution is -0.194. The molecule has 0 unspecified atom stereocenters. The van der Waals surface area contributed by atoms with E-state index in [1.165, 1.54) is 0 Å². The molecule has 3 aromatic rings. The number of rotatable bonds is 7. The molecule has 190 valence electrons. The van der Waals surface area contributed by atoms with E-state index in [-0.39, 0.29) is 12.2 Å². The molecule has 0 spiro atoms. The van der Waals surface area contributed by atoms with Crippen LogP contribution >= 0.6 is 11.8 Å². The average molecular weight is 511 g/mol. The molecule has 0 bridgehead atoms. The summed E-state index contributed by atoms with van der Waals surface area (Å²) in [6.07, 6.45) is -0.127. The van der Waals surface area contributed by atoms with Crippen LogP contribution < -0.4 is 10.4 Å². The molecule has 10 heteroatoms. The molecule has 36 heavy (non-hydrogen) atoms. The van der Waals surface area contributed by atoms with Crippen molar-refractivity contribution in [3.63, 3.8) is 0 Å². The van der Waals surface area contributed by atoms with Gasteiger partial charge >= 0.3 is 5.69 Å². The van der Waals surface area contributed by atoms with Crippen molar-refractivity contribution in [3.8, 4) is 5.75 Å². The molecule has 0 N–H and O–H groups in total. The first kappa shape index (κ1) is 24.8. The summed E-state index contributed by atoms with van der Waals surface area (Å²) in [4.78, 5) is 24.9. The van der Waals surface area contributed by atoms with Gasteiger partial charge < -0.3 is 23.8 Å². The number of para-hydroxylation sites is 1. The van der Waals surface area contributed by atoms with Crippen molar-refractivity contribution >= 4 is 34.8 Å². The summed E-state index contributed by atoms with van der Waals surface area (Å²) in [6, 6.07) is 15.5. The molecule has 2 fully saturated rings. The van der Waals surface area contributed by atoms with Crippen LogP contribution in [-0.2, 0) is 14.2 Å². The van der Waals surface area contributed by atoms with Crippen LogP contribution in [0.15, 0.2) is 63.2 Å². The van der Waals surface area contributed by atoms with E-state index in [0.717, 1.165) is 16.0 Å². The minimum Gasteiger partial charge on any atom is -0.497 e. The second-order valence-corrected chi connectivity index (χ2v) is 10.5. The third-order valence-electron chi connectivity index (χ3n) is 6.08. The van der Waals surface area contributed by atoms with E-state index in [1.807, 2.05) is 76.5 Å². The van der Waals surface area contributed by atoms with Crippen LogP contribution in [0.1, 0.15) is 20.1 Å². The summed E-state index contributed by atoms with van der Waals surface area (Å²) in [5.41, 5.74) is 0.240.